The third-order valence-corrected chi connectivity index (χ3v) is 4.21. The first-order valence-electron chi connectivity index (χ1n) is 7.38. The predicted molar refractivity (Wildman–Crippen MR) is 88.6 cm³/mol. The Balaban J connectivity index is 1.81. The molecule has 1 N–H and O–H groups in total. The molecule has 0 saturated carbocycles. The Morgan fingerprint density at radius 1 is 1.44 bits per heavy atom. The average Bonchev–Trinajstić information content (AvgIpc) is 2.93. The van der Waals surface area contributed by atoms with Gasteiger partial charge >= 0.3 is 5.97 Å². The predicted octanol–water partition coefficient (Wildman–Crippen LogP) is 0.915. The molecular formula is C16H15N3O5S. The van der Waals surface area contributed by atoms with Crippen LogP contribution in [0, 0.1) is 11.3 Å². The van der Waals surface area contributed by atoms with Gasteiger partial charge in [0.05, 0.1) is 22.9 Å². The van der Waals surface area contributed by atoms with Crippen molar-refractivity contribution >= 4 is 34.8 Å². The largest absolute Gasteiger partial charge is 0.449 e. The summed E-state index contributed by atoms with van der Waals surface area (Å²) in [5.74, 6) is -1.44. The first-order valence-corrected chi connectivity index (χ1v) is 8.37. The maximum atomic E-state index is 12.0. The Hall–Kier alpha value is -2.86. The van der Waals surface area contributed by atoms with Gasteiger partial charge in [-0.2, -0.15) is 5.26 Å². The van der Waals surface area contributed by atoms with E-state index in [2.05, 4.69) is 5.32 Å². The molecule has 130 valence electrons. The number of amides is 3. The molecule has 0 spiro atoms. The van der Waals surface area contributed by atoms with Crippen LogP contribution in [0.2, 0.25) is 0 Å². The number of nitriles is 1. The zero-order chi connectivity index (χ0) is 18.4. The summed E-state index contributed by atoms with van der Waals surface area (Å²) >= 11 is 0.920. The highest BCUT2D eigenvalue weighted by Gasteiger charge is 2.29. The van der Waals surface area contributed by atoms with E-state index in [1.165, 1.54) is 19.1 Å². The van der Waals surface area contributed by atoms with Gasteiger partial charge in [-0.15, -0.1) is 0 Å². The normalized spacial score (nSPS) is 14.8. The second-order valence-corrected chi connectivity index (χ2v) is 6.06. The van der Waals surface area contributed by atoms with E-state index in [0.29, 0.717) is 5.56 Å². The van der Waals surface area contributed by atoms with Crippen molar-refractivity contribution in [3.63, 3.8) is 0 Å². The Morgan fingerprint density at radius 3 is 2.84 bits per heavy atom. The highest BCUT2D eigenvalue weighted by atomic mass is 32.2. The molecule has 3 amide bonds. The van der Waals surface area contributed by atoms with E-state index in [1.807, 2.05) is 6.07 Å². The van der Waals surface area contributed by atoms with Crippen molar-refractivity contribution in [1.29, 1.82) is 5.26 Å². The van der Waals surface area contributed by atoms with Gasteiger partial charge in [0.25, 0.3) is 11.1 Å². The first kappa shape index (κ1) is 18.5. The van der Waals surface area contributed by atoms with Crippen LogP contribution in [0.4, 0.5) is 4.79 Å². The number of esters is 1. The van der Waals surface area contributed by atoms with Gasteiger partial charge in [-0.1, -0.05) is 17.8 Å². The molecule has 1 saturated heterocycles. The van der Waals surface area contributed by atoms with Crippen LogP contribution in [0.5, 0.6) is 0 Å². The summed E-state index contributed by atoms with van der Waals surface area (Å²) in [4.78, 5) is 47.8. The van der Waals surface area contributed by atoms with Crippen molar-refractivity contribution in [2.45, 2.75) is 13.0 Å². The molecule has 2 rings (SSSR count). The number of nitrogens with zero attached hydrogens (tertiary/aromatic N) is 2. The molecule has 9 heteroatoms. The lowest BCUT2D eigenvalue weighted by Crippen LogP contribution is -2.41. The number of hydrogen-bond acceptors (Lipinski definition) is 7. The number of nitrogens with one attached hydrogen (secondary N) is 1. The maximum Gasteiger partial charge on any atom is 0.338 e. The summed E-state index contributed by atoms with van der Waals surface area (Å²) in [6, 6.07) is 7.86. The molecule has 1 aliphatic rings. The van der Waals surface area contributed by atoms with Crippen molar-refractivity contribution in [2.75, 3.05) is 18.8 Å². The summed E-state index contributed by atoms with van der Waals surface area (Å²) in [5.41, 5.74) is 0.480. The fourth-order valence-corrected chi connectivity index (χ4v) is 2.78. The maximum absolute atomic E-state index is 12.0. The van der Waals surface area contributed by atoms with Gasteiger partial charge < -0.3 is 10.1 Å². The molecule has 1 atom stereocenters. The minimum Gasteiger partial charge on any atom is -0.449 e. The van der Waals surface area contributed by atoms with Crippen LogP contribution >= 0.6 is 11.8 Å². The quantitative estimate of drug-likeness (QED) is 0.749. The summed E-state index contributed by atoms with van der Waals surface area (Å²) in [5, 5.41) is 11.0. The minimum absolute atomic E-state index is 0.0707. The zero-order valence-corrected chi connectivity index (χ0v) is 14.2. The van der Waals surface area contributed by atoms with Gasteiger partial charge in [0, 0.05) is 13.1 Å². The van der Waals surface area contributed by atoms with Crippen LogP contribution in [0.25, 0.3) is 0 Å². The van der Waals surface area contributed by atoms with E-state index in [9.17, 15) is 19.2 Å². The van der Waals surface area contributed by atoms with Gasteiger partial charge in [0.2, 0.25) is 5.91 Å². The lowest BCUT2D eigenvalue weighted by atomic mass is 10.1. The van der Waals surface area contributed by atoms with Gasteiger partial charge in [0.1, 0.15) is 0 Å². The van der Waals surface area contributed by atoms with Gasteiger partial charge in [-0.05, 0) is 25.1 Å². The monoisotopic (exact) mass is 361 g/mol. The summed E-state index contributed by atoms with van der Waals surface area (Å²) in [6.07, 6.45) is -1.06. The molecule has 1 aromatic carbocycles. The summed E-state index contributed by atoms with van der Waals surface area (Å²) < 4.78 is 5.05. The van der Waals surface area contributed by atoms with E-state index in [4.69, 9.17) is 10.00 Å². The number of hydrogen-bond donors (Lipinski definition) is 1. The van der Waals surface area contributed by atoms with E-state index in [1.54, 1.807) is 12.1 Å². The molecule has 0 aliphatic carbocycles. The number of imide groups is 1. The van der Waals surface area contributed by atoms with Crippen LogP contribution in [0.15, 0.2) is 24.3 Å². The van der Waals surface area contributed by atoms with E-state index in [-0.39, 0.29) is 35.6 Å². The number of carbonyl (C=O) groups is 4. The fourth-order valence-electron chi connectivity index (χ4n) is 2.03. The standard InChI is InChI=1S/C16H15N3O5S/c1-10(24-15(22)12-4-2-3-11(7-12)8-17)14(21)18-5-6-19-13(20)9-25-16(19)23/h2-4,7,10H,5-6,9H2,1H3,(H,18,21)/t10-/m1/s1. The molecule has 1 heterocycles. The second-order valence-electron chi connectivity index (χ2n) is 5.13. The van der Waals surface area contributed by atoms with Crippen molar-refractivity contribution in [3.05, 3.63) is 35.4 Å². The number of ether oxygens (including phenoxy) is 1. The number of carbonyl (C=O) groups excluding carboxylic acids is 4. The van der Waals surface area contributed by atoms with Crippen LogP contribution < -0.4 is 5.32 Å². The lowest BCUT2D eigenvalue weighted by Gasteiger charge is -2.16. The van der Waals surface area contributed by atoms with Crippen LogP contribution in [0.1, 0.15) is 22.8 Å². The van der Waals surface area contributed by atoms with Gasteiger partial charge in [-0.25, -0.2) is 4.79 Å². The highest BCUT2D eigenvalue weighted by molar-refractivity contribution is 8.14. The average molecular weight is 361 g/mol. The molecule has 0 radical (unpaired) electrons. The second kappa shape index (κ2) is 8.30. The van der Waals surface area contributed by atoms with Crippen LogP contribution in [0.3, 0.4) is 0 Å². The fraction of sp³-hybridized carbons (Fsp3) is 0.312. The minimum atomic E-state index is -1.06. The number of thioether (sulfide) groups is 1. The summed E-state index contributed by atoms with van der Waals surface area (Å²) in [6.45, 7) is 1.55. The Bertz CT molecular complexity index is 742. The van der Waals surface area contributed by atoms with Crippen molar-refractivity contribution in [1.82, 2.24) is 10.2 Å². The van der Waals surface area contributed by atoms with Crippen LogP contribution in [-0.2, 0) is 14.3 Å². The molecular weight excluding hydrogens is 346 g/mol. The first-order chi connectivity index (χ1) is 11.9. The molecule has 0 aromatic heterocycles. The topological polar surface area (TPSA) is 117 Å². The third kappa shape index (κ3) is 4.81. The summed E-state index contributed by atoms with van der Waals surface area (Å²) in [7, 11) is 0. The van der Waals surface area contributed by atoms with Crippen molar-refractivity contribution in [3.8, 4) is 6.07 Å². The van der Waals surface area contributed by atoms with E-state index in [0.717, 1.165) is 16.7 Å². The Morgan fingerprint density at radius 2 is 2.20 bits per heavy atom. The number of benzene rings is 1. The molecule has 0 unspecified atom stereocenters. The van der Waals surface area contributed by atoms with Crippen LogP contribution in [-0.4, -0.2) is 52.9 Å². The third-order valence-electron chi connectivity index (χ3n) is 3.36. The van der Waals surface area contributed by atoms with Gasteiger partial charge in [0.15, 0.2) is 6.10 Å². The SMILES string of the molecule is C[C@@H](OC(=O)c1cccc(C#N)c1)C(=O)NCCN1C(=O)CSC1=O. The number of rotatable bonds is 6. The molecule has 1 fully saturated rings. The molecule has 1 aliphatic heterocycles. The van der Waals surface area contributed by atoms with E-state index < -0.39 is 18.0 Å². The zero-order valence-electron chi connectivity index (χ0n) is 13.4. The molecule has 8 nitrogen and oxygen atoms in total. The van der Waals surface area contributed by atoms with E-state index >= 15 is 0 Å². The highest BCUT2D eigenvalue weighted by Crippen LogP contribution is 2.17. The van der Waals surface area contributed by atoms with Crippen molar-refractivity contribution < 1.29 is 23.9 Å². The Kier molecular flexibility index (Phi) is 6.14. The Labute approximate surface area is 148 Å². The van der Waals surface area contributed by atoms with Gasteiger partial charge in [-0.3, -0.25) is 19.3 Å². The van der Waals surface area contributed by atoms with Crippen molar-refractivity contribution in [2.24, 2.45) is 0 Å². The lowest BCUT2D eigenvalue weighted by molar-refractivity contribution is -0.130. The molecule has 25 heavy (non-hydrogen) atoms. The smallest absolute Gasteiger partial charge is 0.338 e. The molecule has 0 bridgehead atoms. The molecule has 1 aromatic rings.